The van der Waals surface area contributed by atoms with Crippen LogP contribution in [-0.2, 0) is 0 Å². The van der Waals surface area contributed by atoms with Gasteiger partial charge >= 0.3 is 6.03 Å². The van der Waals surface area contributed by atoms with Crippen molar-refractivity contribution in [1.29, 1.82) is 0 Å². The van der Waals surface area contributed by atoms with Crippen molar-refractivity contribution in [2.24, 2.45) is 0 Å². The third-order valence-corrected chi connectivity index (χ3v) is 4.40. The van der Waals surface area contributed by atoms with Gasteiger partial charge < -0.3 is 10.6 Å². The highest BCUT2D eigenvalue weighted by molar-refractivity contribution is 7.82. The summed E-state index contributed by atoms with van der Waals surface area (Å²) in [6.07, 6.45) is 0. The average molecular weight is 426 g/mol. The summed E-state index contributed by atoms with van der Waals surface area (Å²) in [6, 6.07) is 16.6. The Balaban J connectivity index is 1.66. The van der Waals surface area contributed by atoms with Crippen molar-refractivity contribution in [3.05, 3.63) is 94.3 Å². The van der Waals surface area contributed by atoms with Gasteiger partial charge in [-0.3, -0.25) is 14.9 Å². The van der Waals surface area contributed by atoms with E-state index < -0.39 is 22.7 Å². The molecule has 3 amide bonds. The van der Waals surface area contributed by atoms with E-state index in [4.69, 9.17) is 0 Å². The molecule has 3 aromatic rings. The third kappa shape index (κ3) is 4.92. The number of non-ortho nitro benzene ring substituents is 1. The van der Waals surface area contributed by atoms with Crippen LogP contribution in [0, 0.1) is 15.9 Å². The highest BCUT2D eigenvalue weighted by atomic mass is 32.1. The third-order valence-electron chi connectivity index (χ3n) is 3.99. The SMILES string of the molecule is O=C(Nc1ccc(N(S)C(=O)Nc2cccc([N+](=O)[O-])c2)cc1)c1ccccc1F. The number of halogens is 1. The Hall–Kier alpha value is -3.92. The van der Waals surface area contributed by atoms with Gasteiger partial charge in [0.15, 0.2) is 0 Å². The minimum absolute atomic E-state index is 0.0891. The van der Waals surface area contributed by atoms with Crippen LogP contribution in [0.15, 0.2) is 72.8 Å². The molecule has 0 unspecified atom stereocenters. The molecule has 8 nitrogen and oxygen atoms in total. The van der Waals surface area contributed by atoms with Gasteiger partial charge in [-0.1, -0.05) is 31.0 Å². The maximum atomic E-state index is 13.7. The zero-order valence-electron chi connectivity index (χ0n) is 15.3. The van der Waals surface area contributed by atoms with Crippen molar-refractivity contribution in [2.75, 3.05) is 14.9 Å². The normalized spacial score (nSPS) is 10.2. The maximum absolute atomic E-state index is 13.7. The number of carbonyl (C=O) groups is 2. The molecule has 2 N–H and O–H groups in total. The van der Waals surface area contributed by atoms with E-state index in [0.29, 0.717) is 11.4 Å². The molecule has 0 aromatic heterocycles. The van der Waals surface area contributed by atoms with E-state index in [2.05, 4.69) is 23.4 Å². The number of hydrogen-bond donors (Lipinski definition) is 3. The second kappa shape index (κ2) is 9.05. The molecule has 0 radical (unpaired) electrons. The number of carbonyl (C=O) groups excluding carboxylic acids is 2. The first-order valence-electron chi connectivity index (χ1n) is 8.55. The molecular formula is C20H15FN4O4S. The van der Waals surface area contributed by atoms with Crippen LogP contribution in [-0.4, -0.2) is 16.9 Å². The Morgan fingerprint density at radius 3 is 2.30 bits per heavy atom. The standard InChI is InChI=1S/C20H15FN4O4S/c21-18-7-2-1-6-17(18)19(26)22-13-8-10-15(11-9-13)24(30)20(27)23-14-4-3-5-16(12-14)25(28)29/h1-12,30H,(H,22,26)(H,23,27). The second-order valence-electron chi connectivity index (χ2n) is 6.03. The lowest BCUT2D eigenvalue weighted by molar-refractivity contribution is -0.384. The van der Waals surface area contributed by atoms with Crippen molar-refractivity contribution in [3.8, 4) is 0 Å². The zero-order valence-corrected chi connectivity index (χ0v) is 16.2. The van der Waals surface area contributed by atoms with Crippen molar-refractivity contribution >= 4 is 47.5 Å². The van der Waals surface area contributed by atoms with Crippen LogP contribution in [0.1, 0.15) is 10.4 Å². The fraction of sp³-hybridized carbons (Fsp3) is 0. The summed E-state index contributed by atoms with van der Waals surface area (Å²) >= 11 is 4.14. The van der Waals surface area contributed by atoms with Crippen LogP contribution < -0.4 is 14.9 Å². The number of urea groups is 1. The van der Waals surface area contributed by atoms with E-state index in [0.717, 1.165) is 4.31 Å². The fourth-order valence-corrected chi connectivity index (χ4v) is 2.70. The van der Waals surface area contributed by atoms with E-state index in [1.54, 1.807) is 6.07 Å². The molecule has 0 bridgehead atoms. The summed E-state index contributed by atoms with van der Waals surface area (Å²) in [7, 11) is 0. The molecule has 3 aromatic carbocycles. The van der Waals surface area contributed by atoms with Gasteiger partial charge in [0.05, 0.1) is 16.2 Å². The van der Waals surface area contributed by atoms with Crippen LogP contribution in [0.25, 0.3) is 0 Å². The molecule has 30 heavy (non-hydrogen) atoms. The van der Waals surface area contributed by atoms with E-state index in [1.165, 1.54) is 66.7 Å². The van der Waals surface area contributed by atoms with E-state index >= 15 is 0 Å². The highest BCUT2D eigenvalue weighted by Gasteiger charge is 2.15. The summed E-state index contributed by atoms with van der Waals surface area (Å²) < 4.78 is 14.7. The number of nitro groups is 1. The predicted molar refractivity (Wildman–Crippen MR) is 114 cm³/mol. The monoisotopic (exact) mass is 426 g/mol. The van der Waals surface area contributed by atoms with Gasteiger partial charge in [0, 0.05) is 23.5 Å². The number of thiol groups is 1. The first-order chi connectivity index (χ1) is 14.3. The molecule has 0 saturated carbocycles. The molecular weight excluding hydrogens is 411 g/mol. The predicted octanol–water partition coefficient (Wildman–Crippen LogP) is 4.87. The Labute approximate surface area is 176 Å². The molecule has 0 saturated heterocycles. The van der Waals surface area contributed by atoms with Crippen LogP contribution in [0.2, 0.25) is 0 Å². The molecule has 0 fully saturated rings. The Kier molecular flexibility index (Phi) is 6.28. The maximum Gasteiger partial charge on any atom is 0.336 e. The Morgan fingerprint density at radius 2 is 1.63 bits per heavy atom. The number of hydrogen-bond acceptors (Lipinski definition) is 5. The summed E-state index contributed by atoms with van der Waals surface area (Å²) in [5.74, 6) is -1.24. The molecule has 3 rings (SSSR count). The van der Waals surface area contributed by atoms with Gasteiger partial charge in [-0.15, -0.1) is 0 Å². The van der Waals surface area contributed by atoms with Gasteiger partial charge in [-0.2, -0.15) is 0 Å². The first kappa shape index (κ1) is 20.8. The van der Waals surface area contributed by atoms with Gasteiger partial charge in [-0.05, 0) is 42.5 Å². The molecule has 0 aliphatic rings. The lowest BCUT2D eigenvalue weighted by Gasteiger charge is -2.17. The van der Waals surface area contributed by atoms with Crippen LogP contribution in [0.4, 0.5) is 31.9 Å². The van der Waals surface area contributed by atoms with Gasteiger partial charge in [0.1, 0.15) is 5.82 Å². The fourth-order valence-electron chi connectivity index (χ4n) is 2.52. The van der Waals surface area contributed by atoms with E-state index in [1.807, 2.05) is 0 Å². The molecule has 0 aliphatic heterocycles. The summed E-state index contributed by atoms with van der Waals surface area (Å²) in [4.78, 5) is 34.7. The van der Waals surface area contributed by atoms with Crippen molar-refractivity contribution < 1.29 is 18.9 Å². The minimum Gasteiger partial charge on any atom is -0.322 e. The van der Waals surface area contributed by atoms with E-state index in [-0.39, 0.29) is 16.9 Å². The summed E-state index contributed by atoms with van der Waals surface area (Å²) in [5, 5.41) is 15.9. The smallest absolute Gasteiger partial charge is 0.322 e. The number of nitrogens with zero attached hydrogens (tertiary/aromatic N) is 2. The summed E-state index contributed by atoms with van der Waals surface area (Å²) in [5.41, 5.74) is 0.766. The quantitative estimate of drug-likeness (QED) is 0.308. The van der Waals surface area contributed by atoms with E-state index in [9.17, 15) is 24.1 Å². The van der Waals surface area contributed by atoms with Crippen molar-refractivity contribution in [1.82, 2.24) is 0 Å². The van der Waals surface area contributed by atoms with Crippen molar-refractivity contribution in [3.63, 3.8) is 0 Å². The number of anilines is 3. The Morgan fingerprint density at radius 1 is 0.933 bits per heavy atom. The minimum atomic E-state index is -0.637. The largest absolute Gasteiger partial charge is 0.336 e. The van der Waals surface area contributed by atoms with Gasteiger partial charge in [-0.25, -0.2) is 13.5 Å². The van der Waals surface area contributed by atoms with Crippen LogP contribution in [0.3, 0.4) is 0 Å². The van der Waals surface area contributed by atoms with Gasteiger partial charge in [0.25, 0.3) is 11.6 Å². The molecule has 10 heteroatoms. The summed E-state index contributed by atoms with van der Waals surface area (Å²) in [6.45, 7) is 0. The van der Waals surface area contributed by atoms with Gasteiger partial charge in [0.2, 0.25) is 0 Å². The number of nitro benzene ring substituents is 1. The number of nitrogens with one attached hydrogen (secondary N) is 2. The topological polar surface area (TPSA) is 105 Å². The molecule has 0 spiro atoms. The zero-order chi connectivity index (χ0) is 21.7. The Bertz CT molecular complexity index is 1110. The van der Waals surface area contributed by atoms with Crippen LogP contribution in [0.5, 0.6) is 0 Å². The molecule has 0 heterocycles. The van der Waals surface area contributed by atoms with Crippen LogP contribution >= 0.6 is 12.8 Å². The molecule has 152 valence electrons. The van der Waals surface area contributed by atoms with Crippen molar-refractivity contribution in [2.45, 2.75) is 0 Å². The highest BCUT2D eigenvalue weighted by Crippen LogP contribution is 2.23. The molecule has 0 aliphatic carbocycles. The second-order valence-corrected chi connectivity index (χ2v) is 6.43. The number of benzene rings is 3. The lowest BCUT2D eigenvalue weighted by atomic mass is 10.2. The average Bonchev–Trinajstić information content (AvgIpc) is 2.74. The number of rotatable bonds is 5. The lowest BCUT2D eigenvalue weighted by Crippen LogP contribution is -2.26. The number of amides is 3. The molecule has 0 atom stereocenters. The first-order valence-corrected chi connectivity index (χ1v) is 8.95.